The molecule has 1 aromatic heterocycles. The summed E-state index contributed by atoms with van der Waals surface area (Å²) in [7, 11) is 2.45. The first-order valence-corrected chi connectivity index (χ1v) is 12.2. The Morgan fingerprint density at radius 1 is 1.03 bits per heavy atom. The van der Waals surface area contributed by atoms with Gasteiger partial charge in [-0.2, -0.15) is 0 Å². The molecule has 0 unspecified atom stereocenters. The highest BCUT2D eigenvalue weighted by Crippen LogP contribution is 2.24. The van der Waals surface area contributed by atoms with Crippen LogP contribution in [0.5, 0.6) is 5.75 Å². The van der Waals surface area contributed by atoms with Crippen LogP contribution in [0.15, 0.2) is 41.6 Å². The summed E-state index contributed by atoms with van der Waals surface area (Å²) in [5.74, 6) is -0.332. The van der Waals surface area contributed by atoms with Crippen LogP contribution in [0.1, 0.15) is 39.0 Å². The minimum atomic E-state index is -0.648. The largest absolute Gasteiger partial charge is 0.485 e. The molecule has 2 aromatic carbocycles. The molecule has 1 N–H and O–H groups in total. The number of ether oxygens (including phenoxy) is 3. The molecular weight excluding hydrogens is 508 g/mol. The number of methoxy groups -OCH3 is 2. The van der Waals surface area contributed by atoms with E-state index in [1.54, 1.807) is 12.1 Å². The van der Waals surface area contributed by atoms with Crippen LogP contribution in [0, 0.1) is 6.92 Å². The summed E-state index contributed by atoms with van der Waals surface area (Å²) in [5, 5.41) is 12.3. The van der Waals surface area contributed by atoms with Crippen LogP contribution in [0.25, 0.3) is 0 Å². The molecule has 0 saturated heterocycles. The van der Waals surface area contributed by atoms with Crippen LogP contribution in [0.3, 0.4) is 0 Å². The Morgan fingerprint density at radius 2 is 1.69 bits per heavy atom. The maximum absolute atomic E-state index is 12.6. The molecule has 0 saturated carbocycles. The van der Waals surface area contributed by atoms with Crippen molar-refractivity contribution in [1.29, 1.82) is 0 Å². The quantitative estimate of drug-likeness (QED) is 0.303. The summed E-state index contributed by atoms with van der Waals surface area (Å²) >= 11 is 7.19. The summed E-state index contributed by atoms with van der Waals surface area (Å²) in [6.07, 6.45) is 0. The monoisotopic (exact) mass is 532 g/mol. The van der Waals surface area contributed by atoms with Gasteiger partial charge in [0.25, 0.3) is 0 Å². The molecule has 36 heavy (non-hydrogen) atoms. The van der Waals surface area contributed by atoms with E-state index in [2.05, 4.69) is 15.5 Å². The Hall–Kier alpha value is -3.57. The highest BCUT2D eigenvalue weighted by molar-refractivity contribution is 7.99. The Kier molecular flexibility index (Phi) is 9.31. The number of carbonyl (C=O) groups excluding carboxylic acids is 3. The second-order valence-electron chi connectivity index (χ2n) is 7.46. The topological polar surface area (TPSA) is 122 Å². The van der Waals surface area contributed by atoms with Crippen molar-refractivity contribution in [3.63, 3.8) is 0 Å². The standard InChI is InChI=1S/C24H25ClN4O6S/c1-5-29-20(12-35-19-7-6-17(25)8-14(19)2)27-28-24(29)36-13-21(30)26-18-10-15(22(31)33-3)9-16(11-18)23(32)34-4/h6-11H,5,12-13H2,1-4H3,(H,26,30). The van der Waals surface area contributed by atoms with Crippen molar-refractivity contribution in [2.24, 2.45) is 0 Å². The lowest BCUT2D eigenvalue weighted by Gasteiger charge is -2.11. The first kappa shape index (κ1) is 27.0. The maximum atomic E-state index is 12.6. The lowest BCUT2D eigenvalue weighted by Crippen LogP contribution is -2.16. The van der Waals surface area contributed by atoms with E-state index in [1.807, 2.05) is 24.5 Å². The first-order valence-electron chi connectivity index (χ1n) is 10.8. The number of halogens is 1. The summed E-state index contributed by atoms with van der Waals surface area (Å²) in [6.45, 7) is 4.63. The lowest BCUT2D eigenvalue weighted by molar-refractivity contribution is -0.113. The molecule has 190 valence electrons. The molecular formula is C24H25ClN4O6S. The number of anilines is 1. The molecule has 0 aliphatic carbocycles. The van der Waals surface area contributed by atoms with Crippen LogP contribution in [0.2, 0.25) is 5.02 Å². The highest BCUT2D eigenvalue weighted by atomic mass is 35.5. The number of benzene rings is 2. The highest BCUT2D eigenvalue weighted by Gasteiger charge is 2.17. The number of nitrogens with one attached hydrogen (secondary N) is 1. The van der Waals surface area contributed by atoms with Gasteiger partial charge in [-0.3, -0.25) is 4.79 Å². The number of carbonyl (C=O) groups is 3. The molecule has 0 bridgehead atoms. The number of hydrogen-bond acceptors (Lipinski definition) is 9. The van der Waals surface area contributed by atoms with Crippen LogP contribution in [-0.4, -0.2) is 52.6 Å². The van der Waals surface area contributed by atoms with E-state index in [-0.39, 0.29) is 35.1 Å². The van der Waals surface area contributed by atoms with Crippen molar-refractivity contribution >= 4 is 46.9 Å². The number of amides is 1. The third kappa shape index (κ3) is 6.76. The predicted molar refractivity (Wildman–Crippen MR) is 135 cm³/mol. The molecule has 0 spiro atoms. The number of esters is 2. The Bertz CT molecular complexity index is 1250. The number of thioether (sulfide) groups is 1. The van der Waals surface area contributed by atoms with E-state index in [1.165, 1.54) is 44.2 Å². The average molecular weight is 533 g/mol. The third-order valence-electron chi connectivity index (χ3n) is 4.99. The Morgan fingerprint density at radius 3 is 2.28 bits per heavy atom. The van der Waals surface area contributed by atoms with Gasteiger partial charge in [-0.15, -0.1) is 10.2 Å². The molecule has 0 aliphatic rings. The molecule has 10 nitrogen and oxygen atoms in total. The van der Waals surface area contributed by atoms with Crippen molar-refractivity contribution in [2.75, 3.05) is 25.3 Å². The van der Waals surface area contributed by atoms with Gasteiger partial charge < -0.3 is 24.1 Å². The third-order valence-corrected chi connectivity index (χ3v) is 6.20. The number of hydrogen-bond donors (Lipinski definition) is 1. The van der Waals surface area contributed by atoms with Crippen LogP contribution < -0.4 is 10.1 Å². The minimum absolute atomic E-state index is 0.0191. The molecule has 1 amide bonds. The molecule has 0 atom stereocenters. The van der Waals surface area contributed by atoms with Gasteiger partial charge in [0.05, 0.1) is 31.1 Å². The van der Waals surface area contributed by atoms with E-state index in [0.29, 0.717) is 28.3 Å². The number of rotatable bonds is 10. The smallest absolute Gasteiger partial charge is 0.337 e. The zero-order valence-corrected chi connectivity index (χ0v) is 21.7. The summed E-state index contributed by atoms with van der Waals surface area (Å²) < 4.78 is 17.2. The van der Waals surface area contributed by atoms with Gasteiger partial charge in [0.15, 0.2) is 11.0 Å². The molecule has 1 heterocycles. The Balaban J connectivity index is 1.66. The fraction of sp³-hybridized carbons (Fsp3) is 0.292. The number of aryl methyl sites for hydroxylation is 1. The van der Waals surface area contributed by atoms with Crippen LogP contribution in [-0.2, 0) is 27.4 Å². The molecule has 3 rings (SSSR count). The van der Waals surface area contributed by atoms with Crippen molar-refractivity contribution < 1.29 is 28.6 Å². The minimum Gasteiger partial charge on any atom is -0.485 e. The first-order chi connectivity index (χ1) is 17.2. The van der Waals surface area contributed by atoms with Gasteiger partial charge in [0.2, 0.25) is 5.91 Å². The van der Waals surface area contributed by atoms with E-state index < -0.39 is 11.9 Å². The van der Waals surface area contributed by atoms with E-state index in [9.17, 15) is 14.4 Å². The van der Waals surface area contributed by atoms with Gasteiger partial charge in [-0.1, -0.05) is 23.4 Å². The zero-order chi connectivity index (χ0) is 26.2. The maximum Gasteiger partial charge on any atom is 0.337 e. The summed E-state index contributed by atoms with van der Waals surface area (Å²) in [6, 6.07) is 9.54. The second-order valence-corrected chi connectivity index (χ2v) is 8.84. The molecule has 0 aliphatic heterocycles. The van der Waals surface area contributed by atoms with Gasteiger partial charge in [0.1, 0.15) is 12.4 Å². The van der Waals surface area contributed by atoms with Crippen molar-refractivity contribution in [1.82, 2.24) is 14.8 Å². The summed E-state index contributed by atoms with van der Waals surface area (Å²) in [4.78, 5) is 36.5. The normalized spacial score (nSPS) is 10.6. The molecule has 12 heteroatoms. The van der Waals surface area contributed by atoms with Crippen LogP contribution in [0.4, 0.5) is 5.69 Å². The van der Waals surface area contributed by atoms with E-state index in [4.69, 9.17) is 25.8 Å². The second kappa shape index (κ2) is 12.4. The van der Waals surface area contributed by atoms with Gasteiger partial charge in [-0.05, 0) is 55.8 Å². The van der Waals surface area contributed by atoms with Gasteiger partial charge >= 0.3 is 11.9 Å². The van der Waals surface area contributed by atoms with Crippen molar-refractivity contribution in [3.8, 4) is 5.75 Å². The lowest BCUT2D eigenvalue weighted by atomic mass is 10.1. The molecule has 0 fully saturated rings. The average Bonchev–Trinajstić information content (AvgIpc) is 3.27. The SMILES string of the molecule is CCn1c(COc2ccc(Cl)cc2C)nnc1SCC(=O)Nc1cc(C(=O)OC)cc(C(=O)OC)c1. The fourth-order valence-corrected chi connectivity index (χ4v) is 4.31. The Labute approximate surface area is 217 Å². The fourth-order valence-electron chi connectivity index (χ4n) is 3.27. The van der Waals surface area contributed by atoms with Crippen molar-refractivity contribution in [2.45, 2.75) is 32.2 Å². The summed E-state index contributed by atoms with van der Waals surface area (Å²) in [5.41, 5.74) is 1.38. The molecule has 3 aromatic rings. The number of nitrogens with zero attached hydrogens (tertiary/aromatic N) is 3. The predicted octanol–water partition coefficient (Wildman–Crippen LogP) is 4.14. The number of aromatic nitrogens is 3. The van der Waals surface area contributed by atoms with Gasteiger partial charge in [0, 0.05) is 17.3 Å². The van der Waals surface area contributed by atoms with Gasteiger partial charge in [-0.25, -0.2) is 9.59 Å². The van der Waals surface area contributed by atoms with Crippen LogP contribution >= 0.6 is 23.4 Å². The zero-order valence-electron chi connectivity index (χ0n) is 20.2. The van der Waals surface area contributed by atoms with E-state index in [0.717, 1.165) is 5.56 Å². The van der Waals surface area contributed by atoms with E-state index >= 15 is 0 Å². The van der Waals surface area contributed by atoms with Crippen molar-refractivity contribution in [3.05, 3.63) is 63.9 Å². The molecule has 0 radical (unpaired) electrons.